The zero-order chi connectivity index (χ0) is 8.69. The Kier molecular flexibility index (Phi) is 6.31. The van der Waals surface area contributed by atoms with Gasteiger partial charge in [-0.15, -0.1) is 0 Å². The van der Waals surface area contributed by atoms with E-state index in [-0.39, 0.29) is 0 Å². The first-order valence-corrected chi connectivity index (χ1v) is 4.42. The van der Waals surface area contributed by atoms with Gasteiger partial charge in [-0.1, -0.05) is 36.1 Å². The second-order valence-corrected chi connectivity index (χ2v) is 3.21. The smallest absolute Gasteiger partial charge is 0.120 e. The highest BCUT2D eigenvalue weighted by Crippen LogP contribution is 2.15. The van der Waals surface area contributed by atoms with Crippen molar-refractivity contribution in [1.82, 2.24) is 0 Å². The largest absolute Gasteiger partial charge is 0.379 e. The SMILES string of the molecule is CC=CC(O)SC(O)C=CC. The molecule has 0 fully saturated rings. The molecule has 2 N–H and O–H groups in total. The lowest BCUT2D eigenvalue weighted by atomic mass is 10.5. The van der Waals surface area contributed by atoms with E-state index in [1.54, 1.807) is 24.3 Å². The van der Waals surface area contributed by atoms with Crippen LogP contribution in [0.4, 0.5) is 0 Å². The summed E-state index contributed by atoms with van der Waals surface area (Å²) < 4.78 is 0. The van der Waals surface area contributed by atoms with Crippen molar-refractivity contribution in [3.63, 3.8) is 0 Å². The molecule has 3 heteroatoms. The van der Waals surface area contributed by atoms with Crippen LogP contribution in [-0.2, 0) is 0 Å². The Morgan fingerprint density at radius 1 is 1.00 bits per heavy atom. The Hall–Kier alpha value is -0.250. The molecule has 0 aromatic rings. The van der Waals surface area contributed by atoms with Crippen LogP contribution in [0.2, 0.25) is 0 Å². The highest BCUT2D eigenvalue weighted by atomic mass is 32.2. The van der Waals surface area contributed by atoms with Crippen LogP contribution in [0, 0.1) is 0 Å². The number of allylic oxidation sites excluding steroid dienone is 2. The van der Waals surface area contributed by atoms with Gasteiger partial charge in [-0.2, -0.15) is 0 Å². The molecule has 0 saturated heterocycles. The summed E-state index contributed by atoms with van der Waals surface area (Å²) >= 11 is 1.09. The van der Waals surface area contributed by atoms with Crippen LogP contribution in [0.1, 0.15) is 13.8 Å². The van der Waals surface area contributed by atoms with Crippen molar-refractivity contribution in [1.29, 1.82) is 0 Å². The summed E-state index contributed by atoms with van der Waals surface area (Å²) in [7, 11) is 0. The third-order valence-corrected chi connectivity index (χ3v) is 1.86. The lowest BCUT2D eigenvalue weighted by Gasteiger charge is -2.07. The number of thioether (sulfide) groups is 1. The van der Waals surface area contributed by atoms with E-state index in [1.165, 1.54) is 0 Å². The van der Waals surface area contributed by atoms with Crippen molar-refractivity contribution in [2.45, 2.75) is 24.7 Å². The van der Waals surface area contributed by atoms with Crippen LogP contribution in [-0.4, -0.2) is 21.1 Å². The maximum absolute atomic E-state index is 9.13. The van der Waals surface area contributed by atoms with E-state index in [4.69, 9.17) is 10.2 Å². The molecule has 2 atom stereocenters. The van der Waals surface area contributed by atoms with Gasteiger partial charge in [0.2, 0.25) is 0 Å². The summed E-state index contributed by atoms with van der Waals surface area (Å²) in [5.74, 6) is 0. The lowest BCUT2D eigenvalue weighted by Crippen LogP contribution is -2.04. The van der Waals surface area contributed by atoms with Crippen molar-refractivity contribution < 1.29 is 10.2 Å². The van der Waals surface area contributed by atoms with Crippen LogP contribution < -0.4 is 0 Å². The van der Waals surface area contributed by atoms with Gasteiger partial charge in [-0.3, -0.25) is 0 Å². The van der Waals surface area contributed by atoms with Crippen molar-refractivity contribution in [3.8, 4) is 0 Å². The predicted molar refractivity (Wildman–Crippen MR) is 49.2 cm³/mol. The standard InChI is InChI=1S/C8H14O2S/c1-3-5-7(9)11-8(10)6-4-2/h3-10H,1-2H3. The lowest BCUT2D eigenvalue weighted by molar-refractivity contribution is 0.283. The number of aliphatic hydroxyl groups is 2. The van der Waals surface area contributed by atoms with Crippen molar-refractivity contribution >= 4 is 11.8 Å². The average Bonchev–Trinajstić information content (AvgIpc) is 1.87. The molecule has 0 aromatic carbocycles. The normalized spacial score (nSPS) is 17.8. The Bertz CT molecular complexity index is 127. The predicted octanol–water partition coefficient (Wildman–Crippen LogP) is 1.51. The fourth-order valence-electron chi connectivity index (χ4n) is 0.563. The number of hydrogen-bond acceptors (Lipinski definition) is 3. The van der Waals surface area contributed by atoms with Crippen LogP contribution in [0.5, 0.6) is 0 Å². The topological polar surface area (TPSA) is 40.5 Å². The van der Waals surface area contributed by atoms with Gasteiger partial charge in [0.05, 0.1) is 0 Å². The highest BCUT2D eigenvalue weighted by Gasteiger charge is 2.04. The second kappa shape index (κ2) is 6.46. The molecule has 0 saturated carbocycles. The Morgan fingerprint density at radius 2 is 1.36 bits per heavy atom. The Morgan fingerprint density at radius 3 is 1.64 bits per heavy atom. The van der Waals surface area contributed by atoms with Crippen molar-refractivity contribution in [2.75, 3.05) is 0 Å². The maximum Gasteiger partial charge on any atom is 0.120 e. The van der Waals surface area contributed by atoms with Crippen molar-refractivity contribution in [3.05, 3.63) is 24.3 Å². The van der Waals surface area contributed by atoms with E-state index in [0.717, 1.165) is 11.8 Å². The van der Waals surface area contributed by atoms with E-state index in [1.807, 2.05) is 13.8 Å². The van der Waals surface area contributed by atoms with Gasteiger partial charge >= 0.3 is 0 Å². The molecule has 0 aliphatic heterocycles. The molecule has 0 aliphatic rings. The zero-order valence-corrected chi connectivity index (χ0v) is 7.58. The molecule has 2 nitrogen and oxygen atoms in total. The molecule has 2 unspecified atom stereocenters. The monoisotopic (exact) mass is 174 g/mol. The van der Waals surface area contributed by atoms with E-state index >= 15 is 0 Å². The summed E-state index contributed by atoms with van der Waals surface area (Å²) in [6.07, 6.45) is 6.74. The molecule has 0 bridgehead atoms. The van der Waals surface area contributed by atoms with Crippen LogP contribution in [0.3, 0.4) is 0 Å². The average molecular weight is 174 g/mol. The molecule has 64 valence electrons. The molecule has 0 radical (unpaired) electrons. The Labute approximate surface area is 71.6 Å². The van der Waals surface area contributed by atoms with E-state index in [0.29, 0.717) is 0 Å². The minimum Gasteiger partial charge on any atom is -0.379 e. The van der Waals surface area contributed by atoms with Gasteiger partial charge in [0.1, 0.15) is 10.9 Å². The zero-order valence-electron chi connectivity index (χ0n) is 6.77. The second-order valence-electron chi connectivity index (χ2n) is 1.97. The minimum absolute atomic E-state index is 0.619. The summed E-state index contributed by atoms with van der Waals surface area (Å²) in [6, 6.07) is 0. The fourth-order valence-corrected chi connectivity index (χ4v) is 1.34. The van der Waals surface area contributed by atoms with Gasteiger partial charge in [0.15, 0.2) is 0 Å². The molecule has 0 aliphatic carbocycles. The van der Waals surface area contributed by atoms with Gasteiger partial charge < -0.3 is 10.2 Å². The molecule has 0 heterocycles. The van der Waals surface area contributed by atoms with E-state index < -0.39 is 10.9 Å². The summed E-state index contributed by atoms with van der Waals surface area (Å²) in [6.45, 7) is 3.65. The number of hydrogen-bond donors (Lipinski definition) is 2. The van der Waals surface area contributed by atoms with Crippen LogP contribution >= 0.6 is 11.8 Å². The molecular weight excluding hydrogens is 160 g/mol. The summed E-state index contributed by atoms with van der Waals surface area (Å²) in [5, 5.41) is 18.3. The summed E-state index contributed by atoms with van der Waals surface area (Å²) in [5.41, 5.74) is -1.24. The van der Waals surface area contributed by atoms with Gasteiger partial charge in [0.25, 0.3) is 0 Å². The van der Waals surface area contributed by atoms with E-state index in [2.05, 4.69) is 0 Å². The molecule has 0 rings (SSSR count). The highest BCUT2D eigenvalue weighted by molar-refractivity contribution is 8.00. The number of aliphatic hydroxyl groups excluding tert-OH is 2. The molecule has 0 amide bonds. The van der Waals surface area contributed by atoms with Gasteiger partial charge in [0, 0.05) is 0 Å². The van der Waals surface area contributed by atoms with E-state index in [9.17, 15) is 0 Å². The molecular formula is C8H14O2S. The van der Waals surface area contributed by atoms with Crippen LogP contribution in [0.25, 0.3) is 0 Å². The molecule has 0 spiro atoms. The van der Waals surface area contributed by atoms with Crippen molar-refractivity contribution in [2.24, 2.45) is 0 Å². The fraction of sp³-hybridized carbons (Fsp3) is 0.500. The third kappa shape index (κ3) is 6.16. The minimum atomic E-state index is -0.619. The Balaban J connectivity index is 3.65. The maximum atomic E-state index is 9.13. The van der Waals surface area contributed by atoms with Gasteiger partial charge in [-0.25, -0.2) is 0 Å². The van der Waals surface area contributed by atoms with Gasteiger partial charge in [-0.05, 0) is 13.8 Å². The first kappa shape index (κ1) is 10.8. The molecule has 11 heavy (non-hydrogen) atoms. The third-order valence-electron chi connectivity index (χ3n) is 0.993. The quantitative estimate of drug-likeness (QED) is 0.501. The molecule has 0 aromatic heterocycles. The van der Waals surface area contributed by atoms with Crippen LogP contribution in [0.15, 0.2) is 24.3 Å². The first-order valence-electron chi connectivity index (χ1n) is 3.48. The summed E-state index contributed by atoms with van der Waals surface area (Å²) in [4.78, 5) is 0. The number of rotatable bonds is 4. The first-order chi connectivity index (χ1) is 5.20.